The second-order valence-electron chi connectivity index (χ2n) is 7.50. The number of carbonyl (C=O) groups is 1. The lowest BCUT2D eigenvalue weighted by atomic mass is 9.84. The Hall–Kier alpha value is -3.53. The smallest absolute Gasteiger partial charge is 0.295 e. The number of amides is 1. The summed E-state index contributed by atoms with van der Waals surface area (Å²) in [6.07, 6.45) is 3.55. The summed E-state index contributed by atoms with van der Waals surface area (Å²) in [5, 5.41) is 11.8. The van der Waals surface area contributed by atoms with Gasteiger partial charge < -0.3 is 10.2 Å². The van der Waals surface area contributed by atoms with Crippen LogP contribution in [-0.4, -0.2) is 44.5 Å². The van der Waals surface area contributed by atoms with Crippen LogP contribution in [0, 0.1) is 10.1 Å². The van der Waals surface area contributed by atoms with Crippen molar-refractivity contribution in [2.75, 3.05) is 19.4 Å². The van der Waals surface area contributed by atoms with Gasteiger partial charge in [0.25, 0.3) is 5.09 Å². The summed E-state index contributed by atoms with van der Waals surface area (Å²) in [5.41, 5.74) is 2.72. The summed E-state index contributed by atoms with van der Waals surface area (Å²) >= 11 is 0. The highest BCUT2D eigenvalue weighted by atomic mass is 32.2. The van der Waals surface area contributed by atoms with Gasteiger partial charge in [-0.3, -0.25) is 9.79 Å². The second kappa shape index (κ2) is 9.31. The SMILES string of the molecule is C[C@@]1(c2ccccc2)N=C(c2ccc(S(C)(=O)=O)cc2)C=C1CCNC(=O)CO[N+](=O)[O-]. The normalized spacial score (nSPS) is 17.9. The fraction of sp³-hybridized carbons (Fsp3) is 0.273. The van der Waals surface area contributed by atoms with E-state index < -0.39 is 33.0 Å². The molecule has 0 aliphatic carbocycles. The molecule has 1 heterocycles. The lowest BCUT2D eigenvalue weighted by Crippen LogP contribution is -2.31. The fourth-order valence-corrected chi connectivity index (χ4v) is 4.13. The summed E-state index contributed by atoms with van der Waals surface area (Å²) in [7, 11) is -3.30. The third kappa shape index (κ3) is 5.38. The molecule has 0 saturated heterocycles. The minimum Gasteiger partial charge on any atom is -0.354 e. The zero-order chi connectivity index (χ0) is 23.4. The van der Waals surface area contributed by atoms with Crippen molar-refractivity contribution in [3.63, 3.8) is 0 Å². The highest BCUT2D eigenvalue weighted by Crippen LogP contribution is 2.40. The highest BCUT2D eigenvalue weighted by Gasteiger charge is 2.35. The van der Waals surface area contributed by atoms with E-state index in [4.69, 9.17) is 4.99 Å². The van der Waals surface area contributed by atoms with Crippen molar-refractivity contribution in [2.24, 2.45) is 4.99 Å². The zero-order valence-electron chi connectivity index (χ0n) is 17.6. The molecule has 0 bridgehead atoms. The van der Waals surface area contributed by atoms with E-state index in [1.54, 1.807) is 24.3 Å². The lowest BCUT2D eigenvalue weighted by molar-refractivity contribution is -0.754. The second-order valence-corrected chi connectivity index (χ2v) is 9.51. The summed E-state index contributed by atoms with van der Waals surface area (Å²) in [6.45, 7) is 1.57. The van der Waals surface area contributed by atoms with Crippen molar-refractivity contribution >= 4 is 21.5 Å². The van der Waals surface area contributed by atoms with Crippen molar-refractivity contribution in [2.45, 2.75) is 23.8 Å². The standard InChI is InChI=1S/C22H23N3O6S/c1-22(17-6-4-3-5-7-17)18(12-13-23-21(26)15-31-25(27)28)14-20(24-22)16-8-10-19(11-9-16)32(2,29)30/h3-11,14H,12-13,15H2,1-2H3,(H,23,26)/t22-/m0/s1. The molecule has 1 amide bonds. The van der Waals surface area contributed by atoms with Crippen LogP contribution in [0.15, 0.2) is 76.1 Å². The van der Waals surface area contributed by atoms with E-state index in [-0.39, 0.29) is 11.4 Å². The lowest BCUT2D eigenvalue weighted by Gasteiger charge is -2.26. The molecule has 3 rings (SSSR count). The van der Waals surface area contributed by atoms with Gasteiger partial charge in [0.2, 0.25) is 5.91 Å². The molecule has 10 heteroatoms. The van der Waals surface area contributed by atoms with E-state index in [0.29, 0.717) is 12.1 Å². The van der Waals surface area contributed by atoms with Crippen molar-refractivity contribution in [3.8, 4) is 0 Å². The Bertz CT molecular complexity index is 1170. The summed E-state index contributed by atoms with van der Waals surface area (Å²) in [5.74, 6) is -0.584. The molecule has 0 fully saturated rings. The average Bonchev–Trinajstić information content (AvgIpc) is 3.10. The minimum absolute atomic E-state index is 0.231. The Morgan fingerprint density at radius 3 is 2.41 bits per heavy atom. The Kier molecular flexibility index (Phi) is 6.73. The average molecular weight is 458 g/mol. The van der Waals surface area contributed by atoms with Gasteiger partial charge in [-0.05, 0) is 48.3 Å². The number of nitrogens with one attached hydrogen (secondary N) is 1. The summed E-state index contributed by atoms with van der Waals surface area (Å²) < 4.78 is 23.5. The van der Waals surface area contributed by atoms with Gasteiger partial charge >= 0.3 is 0 Å². The number of rotatable bonds is 9. The minimum atomic E-state index is -3.30. The van der Waals surface area contributed by atoms with Gasteiger partial charge in [-0.2, -0.15) is 0 Å². The van der Waals surface area contributed by atoms with Gasteiger partial charge in [0.1, 0.15) is 5.54 Å². The van der Waals surface area contributed by atoms with Gasteiger partial charge in [-0.25, -0.2) is 8.42 Å². The van der Waals surface area contributed by atoms with Crippen LogP contribution >= 0.6 is 0 Å². The molecule has 1 N–H and O–H groups in total. The number of carbonyl (C=O) groups excluding carboxylic acids is 1. The van der Waals surface area contributed by atoms with E-state index in [0.717, 1.165) is 23.0 Å². The first kappa shape index (κ1) is 23.1. The number of aliphatic imine (C=N–C) groups is 1. The van der Waals surface area contributed by atoms with Crippen LogP contribution in [0.5, 0.6) is 0 Å². The number of nitrogens with zero attached hydrogens (tertiary/aromatic N) is 2. The monoisotopic (exact) mass is 457 g/mol. The molecule has 0 unspecified atom stereocenters. The molecule has 0 radical (unpaired) electrons. The molecule has 2 aromatic carbocycles. The largest absolute Gasteiger partial charge is 0.354 e. The van der Waals surface area contributed by atoms with Gasteiger partial charge in [0.05, 0.1) is 10.6 Å². The van der Waals surface area contributed by atoms with E-state index in [9.17, 15) is 23.3 Å². The van der Waals surface area contributed by atoms with Crippen LogP contribution in [0.3, 0.4) is 0 Å². The topological polar surface area (TPSA) is 128 Å². The Morgan fingerprint density at radius 1 is 1.16 bits per heavy atom. The molecular weight excluding hydrogens is 434 g/mol. The van der Waals surface area contributed by atoms with Gasteiger partial charge in [0, 0.05) is 12.8 Å². The van der Waals surface area contributed by atoms with Crippen LogP contribution in [0.2, 0.25) is 0 Å². The van der Waals surface area contributed by atoms with Crippen molar-refractivity contribution in [1.29, 1.82) is 0 Å². The van der Waals surface area contributed by atoms with E-state index in [2.05, 4.69) is 10.2 Å². The summed E-state index contributed by atoms with van der Waals surface area (Å²) in [6, 6.07) is 16.2. The number of benzene rings is 2. The molecule has 0 aromatic heterocycles. The zero-order valence-corrected chi connectivity index (χ0v) is 18.5. The van der Waals surface area contributed by atoms with Crippen LogP contribution in [0.4, 0.5) is 0 Å². The Labute approximate surface area is 185 Å². The Balaban J connectivity index is 1.83. The molecule has 9 nitrogen and oxygen atoms in total. The highest BCUT2D eigenvalue weighted by molar-refractivity contribution is 7.90. The third-order valence-corrected chi connectivity index (χ3v) is 6.34. The quantitative estimate of drug-likeness (QED) is 0.455. The molecule has 0 saturated carbocycles. The number of allylic oxidation sites excluding steroid dienone is 1. The molecule has 1 atom stereocenters. The van der Waals surface area contributed by atoms with Gasteiger partial charge in [0.15, 0.2) is 16.4 Å². The molecule has 32 heavy (non-hydrogen) atoms. The molecular formula is C22H23N3O6S. The van der Waals surface area contributed by atoms with Crippen molar-refractivity contribution in [1.82, 2.24) is 5.32 Å². The van der Waals surface area contributed by atoms with Crippen LogP contribution in [0.25, 0.3) is 0 Å². The van der Waals surface area contributed by atoms with Crippen LogP contribution in [0.1, 0.15) is 24.5 Å². The number of hydrogen-bond donors (Lipinski definition) is 1. The first-order valence-corrected chi connectivity index (χ1v) is 11.7. The van der Waals surface area contributed by atoms with Crippen molar-refractivity contribution < 1.29 is 23.1 Å². The summed E-state index contributed by atoms with van der Waals surface area (Å²) in [4.78, 5) is 31.2. The van der Waals surface area contributed by atoms with Gasteiger partial charge in [-0.1, -0.05) is 42.5 Å². The maximum Gasteiger partial charge on any atom is 0.295 e. The van der Waals surface area contributed by atoms with E-state index >= 15 is 0 Å². The molecule has 0 spiro atoms. The van der Waals surface area contributed by atoms with E-state index in [1.807, 2.05) is 43.3 Å². The molecule has 1 aliphatic heterocycles. The predicted octanol–water partition coefficient (Wildman–Crippen LogP) is 2.45. The van der Waals surface area contributed by atoms with Crippen LogP contribution < -0.4 is 5.32 Å². The van der Waals surface area contributed by atoms with E-state index in [1.165, 1.54) is 0 Å². The predicted molar refractivity (Wildman–Crippen MR) is 119 cm³/mol. The number of hydrogen-bond acceptors (Lipinski definition) is 7. The molecule has 2 aromatic rings. The maximum atomic E-state index is 11.7. The van der Waals surface area contributed by atoms with Crippen LogP contribution in [-0.2, 0) is 25.0 Å². The first-order chi connectivity index (χ1) is 15.1. The number of sulfone groups is 1. The van der Waals surface area contributed by atoms with Crippen molar-refractivity contribution in [3.05, 3.63) is 87.5 Å². The Morgan fingerprint density at radius 2 is 1.81 bits per heavy atom. The fourth-order valence-electron chi connectivity index (χ4n) is 3.50. The first-order valence-electron chi connectivity index (χ1n) is 9.80. The maximum absolute atomic E-state index is 11.7. The van der Waals surface area contributed by atoms with Gasteiger partial charge in [-0.15, -0.1) is 10.1 Å². The molecule has 1 aliphatic rings. The third-order valence-electron chi connectivity index (χ3n) is 5.21. The molecule has 168 valence electrons.